The van der Waals surface area contributed by atoms with Crippen LogP contribution >= 0.6 is 0 Å². The van der Waals surface area contributed by atoms with Gasteiger partial charge < -0.3 is 10.2 Å². The molecule has 25 heavy (non-hydrogen) atoms. The zero-order chi connectivity index (χ0) is 17.6. The quantitative estimate of drug-likeness (QED) is 0.916. The lowest BCUT2D eigenvalue weighted by Crippen LogP contribution is -2.37. The van der Waals surface area contributed by atoms with Gasteiger partial charge >= 0.3 is 0 Å². The lowest BCUT2D eigenvalue weighted by molar-refractivity contribution is 0.0928. The highest BCUT2D eigenvalue weighted by Crippen LogP contribution is 2.23. The second kappa shape index (κ2) is 7.97. The van der Waals surface area contributed by atoms with E-state index in [-0.39, 0.29) is 17.9 Å². The highest BCUT2D eigenvalue weighted by atomic mass is 16.2. The average molecular weight is 336 g/mol. The van der Waals surface area contributed by atoms with E-state index in [1.807, 2.05) is 36.4 Å². The monoisotopic (exact) mass is 336 g/mol. The number of hydrogen-bond donors (Lipinski definition) is 1. The summed E-state index contributed by atoms with van der Waals surface area (Å²) in [6.07, 6.45) is 5.65. The van der Waals surface area contributed by atoms with Crippen LogP contribution in [0.2, 0.25) is 0 Å². The Morgan fingerprint density at radius 2 is 1.56 bits per heavy atom. The summed E-state index contributed by atoms with van der Waals surface area (Å²) in [4.78, 5) is 27.0. The molecule has 0 aliphatic heterocycles. The Balaban J connectivity index is 1.80. The van der Waals surface area contributed by atoms with Crippen LogP contribution in [0.3, 0.4) is 0 Å². The number of rotatable bonds is 4. The van der Waals surface area contributed by atoms with Crippen molar-refractivity contribution in [1.82, 2.24) is 5.32 Å². The second-order valence-electron chi connectivity index (χ2n) is 6.56. The smallest absolute Gasteiger partial charge is 0.258 e. The zero-order valence-electron chi connectivity index (χ0n) is 14.6. The fraction of sp³-hybridized carbons (Fsp3) is 0.333. The first-order chi connectivity index (χ1) is 12.2. The van der Waals surface area contributed by atoms with Gasteiger partial charge in [-0.2, -0.15) is 0 Å². The Morgan fingerprint density at radius 1 is 0.920 bits per heavy atom. The third-order valence-electron chi connectivity index (χ3n) is 4.78. The second-order valence-corrected chi connectivity index (χ2v) is 6.56. The van der Waals surface area contributed by atoms with Gasteiger partial charge in [-0.15, -0.1) is 0 Å². The minimum Gasteiger partial charge on any atom is -0.349 e. The molecular weight excluding hydrogens is 312 g/mol. The topological polar surface area (TPSA) is 49.4 Å². The summed E-state index contributed by atoms with van der Waals surface area (Å²) in [5, 5.41) is 3.13. The molecule has 1 saturated carbocycles. The first-order valence-corrected chi connectivity index (χ1v) is 8.90. The van der Waals surface area contributed by atoms with Crippen LogP contribution in [0, 0.1) is 0 Å². The van der Waals surface area contributed by atoms with E-state index in [0.29, 0.717) is 16.8 Å². The van der Waals surface area contributed by atoms with Crippen molar-refractivity contribution in [3.8, 4) is 0 Å². The average Bonchev–Trinajstić information content (AvgIpc) is 2.68. The Bertz CT molecular complexity index is 737. The molecule has 1 fully saturated rings. The summed E-state index contributed by atoms with van der Waals surface area (Å²) >= 11 is 0. The lowest BCUT2D eigenvalue weighted by atomic mass is 9.95. The van der Waals surface area contributed by atoms with Crippen molar-refractivity contribution in [3.63, 3.8) is 0 Å². The van der Waals surface area contributed by atoms with Gasteiger partial charge in [0.05, 0.1) is 11.3 Å². The maximum Gasteiger partial charge on any atom is 0.258 e. The molecule has 130 valence electrons. The van der Waals surface area contributed by atoms with E-state index < -0.39 is 0 Å². The van der Waals surface area contributed by atoms with Gasteiger partial charge in [0.2, 0.25) is 0 Å². The van der Waals surface area contributed by atoms with Gasteiger partial charge in [0.15, 0.2) is 0 Å². The van der Waals surface area contributed by atoms with Crippen molar-refractivity contribution >= 4 is 17.5 Å². The molecule has 2 aromatic carbocycles. The van der Waals surface area contributed by atoms with Gasteiger partial charge in [-0.1, -0.05) is 49.6 Å². The maximum absolute atomic E-state index is 12.7. The number of carbonyl (C=O) groups excluding carboxylic acids is 2. The van der Waals surface area contributed by atoms with Crippen molar-refractivity contribution in [2.75, 3.05) is 11.9 Å². The summed E-state index contributed by atoms with van der Waals surface area (Å²) in [5.41, 5.74) is 1.78. The SMILES string of the molecule is CN(C(=O)c1ccccc1)c1ccccc1C(=O)NC1CCCCC1. The van der Waals surface area contributed by atoms with Crippen LogP contribution < -0.4 is 10.2 Å². The Labute approximate surface area is 148 Å². The molecule has 1 aliphatic carbocycles. The Kier molecular flexibility index (Phi) is 5.49. The number of nitrogens with one attached hydrogen (secondary N) is 1. The Hall–Kier alpha value is -2.62. The van der Waals surface area contributed by atoms with Crippen LogP contribution in [0.1, 0.15) is 52.8 Å². The number of carbonyl (C=O) groups is 2. The first-order valence-electron chi connectivity index (χ1n) is 8.90. The highest BCUT2D eigenvalue weighted by Gasteiger charge is 2.22. The standard InChI is InChI=1S/C21H24N2O2/c1-23(21(25)16-10-4-2-5-11-16)19-15-9-8-14-18(19)20(24)22-17-12-6-3-7-13-17/h2,4-5,8-11,14-15,17H,3,6-7,12-13H2,1H3,(H,22,24). The number of anilines is 1. The zero-order valence-corrected chi connectivity index (χ0v) is 14.6. The number of nitrogens with zero attached hydrogens (tertiary/aromatic N) is 1. The molecule has 4 heteroatoms. The van der Waals surface area contributed by atoms with Gasteiger partial charge in [-0.05, 0) is 37.1 Å². The van der Waals surface area contributed by atoms with Crippen LogP contribution in [0.5, 0.6) is 0 Å². The predicted molar refractivity (Wildman–Crippen MR) is 100.0 cm³/mol. The number of benzene rings is 2. The molecular formula is C21H24N2O2. The molecule has 0 radical (unpaired) electrons. The highest BCUT2D eigenvalue weighted by molar-refractivity contribution is 6.10. The van der Waals surface area contributed by atoms with Crippen molar-refractivity contribution in [3.05, 3.63) is 65.7 Å². The van der Waals surface area contributed by atoms with Crippen molar-refractivity contribution in [2.24, 2.45) is 0 Å². The van der Waals surface area contributed by atoms with Crippen LogP contribution in [0.4, 0.5) is 5.69 Å². The summed E-state index contributed by atoms with van der Waals surface area (Å²) in [7, 11) is 1.71. The third kappa shape index (κ3) is 4.08. The molecule has 1 aliphatic rings. The van der Waals surface area contributed by atoms with Crippen molar-refractivity contribution in [2.45, 2.75) is 38.1 Å². The molecule has 2 aromatic rings. The molecule has 0 unspecified atom stereocenters. The molecule has 0 heterocycles. The minimum atomic E-state index is -0.126. The summed E-state index contributed by atoms with van der Waals surface area (Å²) in [5.74, 6) is -0.228. The maximum atomic E-state index is 12.7. The molecule has 0 spiro atoms. The van der Waals surface area contributed by atoms with E-state index in [9.17, 15) is 9.59 Å². The number of para-hydroxylation sites is 1. The van der Waals surface area contributed by atoms with E-state index in [0.717, 1.165) is 12.8 Å². The molecule has 0 atom stereocenters. The minimum absolute atomic E-state index is 0.102. The summed E-state index contributed by atoms with van der Waals surface area (Å²) in [6, 6.07) is 16.6. The normalized spacial score (nSPS) is 14.8. The fourth-order valence-corrected chi connectivity index (χ4v) is 3.35. The van der Waals surface area contributed by atoms with Crippen LogP contribution in [0.25, 0.3) is 0 Å². The van der Waals surface area contributed by atoms with E-state index in [1.54, 1.807) is 30.1 Å². The predicted octanol–water partition coefficient (Wildman–Crippen LogP) is 4.03. The molecule has 4 nitrogen and oxygen atoms in total. The largest absolute Gasteiger partial charge is 0.349 e. The van der Waals surface area contributed by atoms with Gasteiger partial charge in [0.25, 0.3) is 11.8 Å². The Morgan fingerprint density at radius 3 is 2.28 bits per heavy atom. The van der Waals surface area contributed by atoms with E-state index in [4.69, 9.17) is 0 Å². The molecule has 3 rings (SSSR count). The number of amides is 2. The van der Waals surface area contributed by atoms with E-state index in [1.165, 1.54) is 19.3 Å². The van der Waals surface area contributed by atoms with E-state index in [2.05, 4.69) is 5.32 Å². The molecule has 0 bridgehead atoms. The summed E-state index contributed by atoms with van der Waals surface area (Å²) < 4.78 is 0. The number of hydrogen-bond acceptors (Lipinski definition) is 2. The lowest BCUT2D eigenvalue weighted by Gasteiger charge is -2.25. The summed E-state index contributed by atoms with van der Waals surface area (Å²) in [6.45, 7) is 0. The van der Waals surface area contributed by atoms with Crippen LogP contribution in [0.15, 0.2) is 54.6 Å². The molecule has 2 amide bonds. The van der Waals surface area contributed by atoms with Crippen LogP contribution in [-0.4, -0.2) is 24.9 Å². The van der Waals surface area contributed by atoms with Gasteiger partial charge in [0, 0.05) is 18.7 Å². The molecule has 0 saturated heterocycles. The first kappa shape index (κ1) is 17.2. The molecule has 0 aromatic heterocycles. The van der Waals surface area contributed by atoms with Crippen molar-refractivity contribution in [1.29, 1.82) is 0 Å². The van der Waals surface area contributed by atoms with Gasteiger partial charge in [-0.25, -0.2) is 0 Å². The van der Waals surface area contributed by atoms with Gasteiger partial charge in [0.1, 0.15) is 0 Å². The third-order valence-corrected chi connectivity index (χ3v) is 4.78. The van der Waals surface area contributed by atoms with E-state index >= 15 is 0 Å². The van der Waals surface area contributed by atoms with Crippen LogP contribution in [-0.2, 0) is 0 Å². The fourth-order valence-electron chi connectivity index (χ4n) is 3.35. The van der Waals surface area contributed by atoms with Gasteiger partial charge in [-0.3, -0.25) is 9.59 Å². The van der Waals surface area contributed by atoms with Crippen molar-refractivity contribution < 1.29 is 9.59 Å². The molecule has 1 N–H and O–H groups in total.